The summed E-state index contributed by atoms with van der Waals surface area (Å²) in [5, 5.41) is -13.7. The molecule has 0 fully saturated rings. The van der Waals surface area contributed by atoms with Crippen LogP contribution in [0.5, 0.6) is 0 Å². The van der Waals surface area contributed by atoms with E-state index in [9.17, 15) is 0 Å². The lowest BCUT2D eigenvalue weighted by molar-refractivity contribution is 0.0828. The zero-order valence-electron chi connectivity index (χ0n) is 60.8. The van der Waals surface area contributed by atoms with Crippen molar-refractivity contribution in [2.24, 2.45) is 0 Å². The molecule has 133 heavy (non-hydrogen) atoms. The quantitative estimate of drug-likeness (QED) is 0.0445. The zero-order chi connectivity index (χ0) is 98.2. The number of aromatic nitrogens is 3. The van der Waals surface area contributed by atoms with Crippen LogP contribution in [0.3, 0.4) is 0 Å². The molecule has 0 radical (unpaired) electrons. The number of hydrogen-bond acceptors (Lipinski definition) is 3. The molecule has 15 aromatic rings. The van der Waals surface area contributed by atoms with E-state index in [1.54, 1.807) is 0 Å². The molecule has 55 heteroatoms. The Labute approximate surface area is 712 Å². The van der Waals surface area contributed by atoms with Gasteiger partial charge in [0.2, 0.25) is 52.4 Å². The first-order valence-corrected chi connectivity index (χ1v) is 35.0. The lowest BCUT2D eigenvalue weighted by Gasteiger charge is -2.24. The summed E-state index contributed by atoms with van der Waals surface area (Å²) in [4.78, 5) is 0. The summed E-state index contributed by atoms with van der Waals surface area (Å²) in [6.07, 6.45) is 0. The van der Waals surface area contributed by atoms with Gasteiger partial charge in [0.1, 0.15) is 17.1 Å². The van der Waals surface area contributed by atoms with Crippen molar-refractivity contribution in [2.75, 3.05) is 0 Å². The molecule has 15 rings (SSSR count). The number of benzene rings is 12. The standard InChI is InChI=1S/C78H6BCl3F45N3O3/c80-7-1-10(19-31(83)49(101)67(119)50(102)32(19)84)16-13(4-7)128(76(28-43(95)61(113)73(125)62(114)44(28)96)22(16)25-37(89)55(107)70(122)56(108)38(25)90)131-79(132-129-14-5-8(81)2-11(20-33(85)51(103)68(120)52(104)34(20)86)17(14)23(26-39(91)57(109)71(123)58(110)40(26)92)77(129)29-45(97)63(115)74(126)64(116)46(29)98)133-130-15-6-9(82)3-12(21-35(87)53(105)69(121)54(106)36(21)88)18(15)24(27-41(93)59(111)72(124)60(112)42(27)94)78(130)30-47(99)65(117)75(127)66(118)48(30)100/h1-6H. The van der Waals surface area contributed by atoms with Gasteiger partial charge in [0.15, 0.2) is 209 Å². The van der Waals surface area contributed by atoms with Gasteiger partial charge in [-0.3, -0.25) is 0 Å². The fraction of sp³-hybridized carbons (Fsp3) is 0. The molecule has 0 amide bonds. The van der Waals surface area contributed by atoms with Gasteiger partial charge in [-0.25, -0.2) is 198 Å². The molecular formula is C78H6BCl3F45N3O3. The van der Waals surface area contributed by atoms with Gasteiger partial charge < -0.3 is 14.3 Å². The second-order valence-corrected chi connectivity index (χ2v) is 28.0. The molecule has 0 saturated heterocycles. The van der Waals surface area contributed by atoms with E-state index in [1.165, 1.54) is 0 Å². The van der Waals surface area contributed by atoms with Gasteiger partial charge in [-0.1, -0.05) is 34.8 Å². The molecule has 6 nitrogen and oxygen atoms in total. The molecule has 0 aliphatic carbocycles. The van der Waals surface area contributed by atoms with E-state index >= 15 is 198 Å². The van der Waals surface area contributed by atoms with Crippen molar-refractivity contribution in [3.8, 4) is 101 Å². The van der Waals surface area contributed by atoms with E-state index < -0.39 is 468 Å². The van der Waals surface area contributed by atoms with Crippen molar-refractivity contribution in [1.29, 1.82) is 0 Å². The highest BCUT2D eigenvalue weighted by Crippen LogP contribution is 2.57. The second kappa shape index (κ2) is 32.7. The molecular weight excluding hydrogens is 2000 g/mol. The first kappa shape index (κ1) is 94.1. The van der Waals surface area contributed by atoms with Crippen LogP contribution in [0.1, 0.15) is 0 Å². The Balaban J connectivity index is 1.29. The van der Waals surface area contributed by atoms with E-state index in [0.29, 0.717) is 0 Å². The number of hydrogen-bond donors (Lipinski definition) is 0. The van der Waals surface area contributed by atoms with E-state index in [4.69, 9.17) is 49.1 Å². The minimum absolute atomic E-state index is 0.445. The maximum atomic E-state index is 17.6. The highest BCUT2D eigenvalue weighted by molar-refractivity contribution is 6.39. The molecule has 12 aromatic carbocycles. The maximum Gasteiger partial charge on any atom is 0.926 e. The molecule has 3 aromatic heterocycles. The Morgan fingerprint density at radius 3 is 0.414 bits per heavy atom. The molecule has 0 aliphatic heterocycles. The van der Waals surface area contributed by atoms with Crippen LogP contribution in [0.25, 0.3) is 133 Å². The third-order valence-electron chi connectivity index (χ3n) is 19.7. The summed E-state index contributed by atoms with van der Waals surface area (Å²) in [5.41, 5.74) is -64.0. The number of rotatable bonds is 15. The Kier molecular flexibility index (Phi) is 23.2. The smallest absolute Gasteiger partial charge is 0.395 e. The molecule has 0 saturated carbocycles. The van der Waals surface area contributed by atoms with Crippen molar-refractivity contribution in [3.63, 3.8) is 0 Å². The van der Waals surface area contributed by atoms with Gasteiger partial charge >= 0.3 is 7.32 Å². The minimum Gasteiger partial charge on any atom is -0.395 e. The van der Waals surface area contributed by atoms with Crippen molar-refractivity contribution >= 4 is 74.8 Å². The summed E-state index contributed by atoms with van der Waals surface area (Å²) in [6, 6.07) is -2.84. The van der Waals surface area contributed by atoms with E-state index in [2.05, 4.69) is 0 Å². The van der Waals surface area contributed by atoms with Crippen LogP contribution in [0.2, 0.25) is 15.1 Å². The summed E-state index contributed by atoms with van der Waals surface area (Å²) < 4.78 is 752. The van der Waals surface area contributed by atoms with Crippen LogP contribution in [0.4, 0.5) is 198 Å². The predicted octanol–water partition coefficient (Wildman–Crippen LogP) is 27.4. The van der Waals surface area contributed by atoms with Crippen LogP contribution in [-0.4, -0.2) is 21.5 Å². The van der Waals surface area contributed by atoms with Gasteiger partial charge in [0.25, 0.3) is 0 Å². The molecule has 3 heterocycles. The van der Waals surface area contributed by atoms with Crippen LogP contribution >= 0.6 is 34.8 Å². The lowest BCUT2D eigenvalue weighted by Crippen LogP contribution is -2.49. The fourth-order valence-electron chi connectivity index (χ4n) is 14.1. The second-order valence-electron chi connectivity index (χ2n) is 26.7. The van der Waals surface area contributed by atoms with Gasteiger partial charge in [-0.2, -0.15) is 14.2 Å². The molecule has 690 valence electrons. The Hall–Kier alpha value is -13.6. The van der Waals surface area contributed by atoms with E-state index in [-0.39, 0.29) is 0 Å². The normalized spacial score (nSPS) is 11.9. The lowest BCUT2D eigenvalue weighted by atomic mass is 9.91. The first-order chi connectivity index (χ1) is 62.1. The molecule has 0 bridgehead atoms. The van der Waals surface area contributed by atoms with Crippen LogP contribution < -0.4 is 14.3 Å². The average molecular weight is 2010 g/mol. The summed E-state index contributed by atoms with van der Waals surface area (Å²) in [5.74, 6) is -162. The monoisotopic (exact) mass is 2000 g/mol. The molecule has 0 atom stereocenters. The highest BCUT2D eigenvalue weighted by atomic mass is 35.5. The van der Waals surface area contributed by atoms with Gasteiger partial charge in [-0.05, 0) is 53.1 Å². The third-order valence-corrected chi connectivity index (χ3v) is 20.4. The summed E-state index contributed by atoms with van der Waals surface area (Å²) >= 11 is 18.8. The Morgan fingerprint density at radius 1 is 0.150 bits per heavy atom. The highest BCUT2D eigenvalue weighted by Gasteiger charge is 2.50. The van der Waals surface area contributed by atoms with Crippen molar-refractivity contribution in [1.82, 2.24) is 14.2 Å². The van der Waals surface area contributed by atoms with Gasteiger partial charge in [-0.15, -0.1) is 0 Å². The maximum absolute atomic E-state index is 17.6. The van der Waals surface area contributed by atoms with Crippen molar-refractivity contribution in [2.45, 2.75) is 0 Å². The van der Waals surface area contributed by atoms with Gasteiger partial charge in [0.05, 0.1) is 66.6 Å². The van der Waals surface area contributed by atoms with E-state index in [1.807, 2.05) is 0 Å². The Bertz CT molecular complexity index is 6890. The molecule has 0 spiro atoms. The predicted molar refractivity (Wildman–Crippen MR) is 363 cm³/mol. The average Bonchev–Trinajstić information content (AvgIpc) is 1.55. The largest absolute Gasteiger partial charge is 0.926 e. The van der Waals surface area contributed by atoms with Crippen LogP contribution in [-0.2, 0) is 0 Å². The molecule has 0 unspecified atom stereocenters. The third kappa shape index (κ3) is 13.4. The number of halogens is 48. The Morgan fingerprint density at radius 2 is 0.271 bits per heavy atom. The molecule has 0 aliphatic rings. The fourth-order valence-corrected chi connectivity index (χ4v) is 14.8. The van der Waals surface area contributed by atoms with Gasteiger partial charge in [0, 0.05) is 47.9 Å². The van der Waals surface area contributed by atoms with E-state index in [0.717, 1.165) is 0 Å². The summed E-state index contributed by atoms with van der Waals surface area (Å²) in [6.45, 7) is 0. The van der Waals surface area contributed by atoms with Crippen molar-refractivity contribution in [3.05, 3.63) is 313 Å². The number of fused-ring (bicyclic) bond motifs is 3. The minimum atomic E-state index is -5.48. The number of nitrogens with zero attached hydrogens (tertiary/aromatic N) is 3. The SMILES string of the molecule is Fc1c(F)c(F)c(-c2cc(Cl)cc3c2c(-c2c(F)c(F)c(F)c(F)c2F)c(-c2c(F)c(F)c(F)c(F)c2F)n3OB(On2c(-c3c(F)c(F)c(F)c(F)c3F)c(-c3c(F)c(F)c(F)c(F)c3F)c3c(-c4c(F)c(F)c(F)c(F)c4F)cc(Cl)cc32)On2c(-c3c(F)c(F)c(F)c(F)c3F)c(-c3c(F)c(F)c(F)c(F)c3F)c3c(-c4c(F)c(F)c(F)c(F)c4F)cc(Cl)cc32)c(F)c1F. The van der Waals surface area contributed by atoms with Crippen LogP contribution in [0, 0.1) is 262 Å². The first-order valence-electron chi connectivity index (χ1n) is 33.9. The summed E-state index contributed by atoms with van der Waals surface area (Å²) in [7, 11) is -5.48. The zero-order valence-corrected chi connectivity index (χ0v) is 63.0. The topological polar surface area (TPSA) is 42.5 Å². The molecule has 0 N–H and O–H groups in total. The van der Waals surface area contributed by atoms with Crippen molar-refractivity contribution < 1.29 is 212 Å². The van der Waals surface area contributed by atoms with Crippen LogP contribution in [0.15, 0.2) is 36.4 Å².